The van der Waals surface area contributed by atoms with Crippen LogP contribution in [0, 0.1) is 0 Å². The number of benzene rings is 2. The van der Waals surface area contributed by atoms with E-state index in [4.69, 9.17) is 0 Å². The van der Waals surface area contributed by atoms with E-state index in [2.05, 4.69) is 20.7 Å². The number of amides is 2. The monoisotopic (exact) mass is 363 g/mol. The second-order valence-electron chi connectivity index (χ2n) is 6.23. The molecular formula is C20H21N5O2. The van der Waals surface area contributed by atoms with Crippen molar-refractivity contribution >= 4 is 11.8 Å². The van der Waals surface area contributed by atoms with Gasteiger partial charge in [0.15, 0.2) is 0 Å². The Morgan fingerprint density at radius 3 is 2.37 bits per heavy atom. The summed E-state index contributed by atoms with van der Waals surface area (Å²) in [5, 5.41) is 9.81. The molecule has 0 aliphatic heterocycles. The lowest BCUT2D eigenvalue weighted by molar-refractivity contribution is -0.119. The van der Waals surface area contributed by atoms with Crippen molar-refractivity contribution in [3.8, 4) is 5.69 Å². The van der Waals surface area contributed by atoms with Crippen LogP contribution in [0.5, 0.6) is 0 Å². The predicted molar refractivity (Wildman–Crippen MR) is 101 cm³/mol. The molecule has 3 rings (SSSR count). The van der Waals surface area contributed by atoms with Gasteiger partial charge >= 0.3 is 0 Å². The van der Waals surface area contributed by atoms with Crippen molar-refractivity contribution in [1.29, 1.82) is 0 Å². The molecule has 0 bridgehead atoms. The van der Waals surface area contributed by atoms with Gasteiger partial charge in [-0.2, -0.15) is 5.10 Å². The second kappa shape index (κ2) is 8.27. The summed E-state index contributed by atoms with van der Waals surface area (Å²) in [6.07, 6.45) is 3.12. The minimum absolute atomic E-state index is 0.0829. The van der Waals surface area contributed by atoms with Gasteiger partial charge in [-0.1, -0.05) is 24.3 Å². The van der Waals surface area contributed by atoms with Gasteiger partial charge in [0.1, 0.15) is 12.7 Å². The lowest BCUT2D eigenvalue weighted by atomic mass is 10.1. The maximum Gasteiger partial charge on any atom is 0.251 e. The Morgan fingerprint density at radius 1 is 1.07 bits per heavy atom. The molecule has 7 nitrogen and oxygen atoms in total. The summed E-state index contributed by atoms with van der Waals surface area (Å²) < 4.78 is 1.68. The molecule has 1 heterocycles. The maximum absolute atomic E-state index is 12.5. The number of nitrogens with zero attached hydrogens (tertiary/aromatic N) is 3. The van der Waals surface area contributed by atoms with Crippen LogP contribution < -0.4 is 10.6 Å². The zero-order chi connectivity index (χ0) is 19.2. The van der Waals surface area contributed by atoms with Crippen molar-refractivity contribution in [2.24, 2.45) is 0 Å². The van der Waals surface area contributed by atoms with Crippen molar-refractivity contribution in [2.45, 2.75) is 26.4 Å². The van der Waals surface area contributed by atoms with Gasteiger partial charge in [0, 0.05) is 19.0 Å². The van der Waals surface area contributed by atoms with E-state index >= 15 is 0 Å². The minimum atomic E-state index is -0.145. The van der Waals surface area contributed by atoms with Crippen LogP contribution >= 0.6 is 0 Å². The number of rotatable bonds is 6. The van der Waals surface area contributed by atoms with Crippen LogP contribution in [0.4, 0.5) is 0 Å². The third-order valence-corrected chi connectivity index (χ3v) is 4.18. The fraction of sp³-hybridized carbons (Fsp3) is 0.200. The third kappa shape index (κ3) is 4.78. The maximum atomic E-state index is 12.5. The van der Waals surface area contributed by atoms with E-state index in [1.54, 1.807) is 23.1 Å². The van der Waals surface area contributed by atoms with Crippen molar-refractivity contribution < 1.29 is 9.59 Å². The fourth-order valence-corrected chi connectivity index (χ4v) is 2.62. The van der Waals surface area contributed by atoms with Crippen molar-refractivity contribution in [3.05, 3.63) is 77.9 Å². The van der Waals surface area contributed by atoms with Gasteiger partial charge in [-0.3, -0.25) is 9.59 Å². The van der Waals surface area contributed by atoms with Crippen molar-refractivity contribution in [2.75, 3.05) is 0 Å². The molecular weight excluding hydrogens is 342 g/mol. The Balaban J connectivity index is 1.60. The molecule has 2 aromatic carbocycles. The quantitative estimate of drug-likeness (QED) is 0.704. The Morgan fingerprint density at radius 2 is 1.78 bits per heavy atom. The molecule has 0 radical (unpaired) electrons. The zero-order valence-corrected chi connectivity index (χ0v) is 15.2. The molecule has 0 aliphatic rings. The normalized spacial score (nSPS) is 11.6. The number of hydrogen-bond acceptors (Lipinski definition) is 4. The summed E-state index contributed by atoms with van der Waals surface area (Å²) >= 11 is 0. The summed E-state index contributed by atoms with van der Waals surface area (Å²) in [5.74, 6) is -0.227. The smallest absolute Gasteiger partial charge is 0.251 e. The van der Waals surface area contributed by atoms with E-state index in [-0.39, 0.29) is 17.9 Å². The molecule has 27 heavy (non-hydrogen) atoms. The lowest BCUT2D eigenvalue weighted by Crippen LogP contribution is -2.26. The molecule has 0 saturated heterocycles. The van der Waals surface area contributed by atoms with Crippen LogP contribution in [-0.2, 0) is 11.3 Å². The first kappa shape index (κ1) is 18.3. The Hall–Kier alpha value is -3.48. The second-order valence-corrected chi connectivity index (χ2v) is 6.23. The average Bonchev–Trinajstić information content (AvgIpc) is 3.21. The Kier molecular flexibility index (Phi) is 5.61. The molecule has 1 atom stereocenters. The number of carbonyl (C=O) groups is 2. The number of aromatic nitrogens is 3. The van der Waals surface area contributed by atoms with Gasteiger partial charge in [-0.25, -0.2) is 9.67 Å². The van der Waals surface area contributed by atoms with Gasteiger partial charge in [0.2, 0.25) is 5.91 Å². The molecule has 0 spiro atoms. The molecule has 1 unspecified atom stereocenters. The SMILES string of the molecule is CC(=O)NCc1ccc(C(=O)NC(C)c2ccc(-n3cncn3)cc2)cc1. The zero-order valence-electron chi connectivity index (χ0n) is 15.2. The van der Waals surface area contributed by atoms with Crippen LogP contribution in [0.1, 0.15) is 41.4 Å². The fourth-order valence-electron chi connectivity index (χ4n) is 2.62. The third-order valence-electron chi connectivity index (χ3n) is 4.18. The van der Waals surface area contributed by atoms with Gasteiger partial charge < -0.3 is 10.6 Å². The minimum Gasteiger partial charge on any atom is -0.352 e. The predicted octanol–water partition coefficient (Wildman–Crippen LogP) is 2.39. The summed E-state index contributed by atoms with van der Waals surface area (Å²) in [6, 6.07) is 14.8. The highest BCUT2D eigenvalue weighted by Gasteiger charge is 2.12. The van der Waals surface area contributed by atoms with Crippen molar-refractivity contribution in [1.82, 2.24) is 25.4 Å². The van der Waals surface area contributed by atoms with E-state index in [1.807, 2.05) is 43.3 Å². The number of nitrogens with one attached hydrogen (secondary N) is 2. The van der Waals surface area contributed by atoms with Crippen LogP contribution in [0.3, 0.4) is 0 Å². The largest absolute Gasteiger partial charge is 0.352 e. The molecule has 3 aromatic rings. The first-order valence-corrected chi connectivity index (χ1v) is 8.62. The summed E-state index contributed by atoms with van der Waals surface area (Å²) in [5.41, 5.74) is 3.42. The van der Waals surface area contributed by atoms with E-state index in [0.717, 1.165) is 16.8 Å². The first-order chi connectivity index (χ1) is 13.0. The molecule has 2 N–H and O–H groups in total. The van der Waals surface area contributed by atoms with Gasteiger partial charge in [0.25, 0.3) is 5.91 Å². The van der Waals surface area contributed by atoms with Crippen LogP contribution in [-0.4, -0.2) is 26.6 Å². The van der Waals surface area contributed by atoms with E-state index in [9.17, 15) is 9.59 Å². The summed E-state index contributed by atoms with van der Waals surface area (Å²) in [7, 11) is 0. The standard InChI is InChI=1S/C20H21N5O2/c1-14(17-7-9-19(10-8-17)25-13-21-12-23-25)24-20(27)18-5-3-16(4-6-18)11-22-15(2)26/h3-10,12-14H,11H2,1-2H3,(H,22,26)(H,24,27). The topological polar surface area (TPSA) is 88.9 Å². The molecule has 138 valence electrons. The Labute approximate surface area is 157 Å². The Bertz CT molecular complexity index is 903. The number of hydrogen-bond donors (Lipinski definition) is 2. The van der Waals surface area contributed by atoms with Gasteiger partial charge in [-0.15, -0.1) is 0 Å². The van der Waals surface area contributed by atoms with E-state index in [1.165, 1.54) is 13.3 Å². The highest BCUT2D eigenvalue weighted by Crippen LogP contribution is 2.16. The van der Waals surface area contributed by atoms with Gasteiger partial charge in [-0.05, 0) is 42.3 Å². The number of carbonyl (C=O) groups excluding carboxylic acids is 2. The van der Waals surface area contributed by atoms with Crippen LogP contribution in [0.25, 0.3) is 5.69 Å². The summed E-state index contributed by atoms with van der Waals surface area (Å²) in [4.78, 5) is 27.3. The summed E-state index contributed by atoms with van der Waals surface area (Å²) in [6.45, 7) is 3.86. The molecule has 7 heteroatoms. The van der Waals surface area contributed by atoms with Crippen LogP contribution in [0.2, 0.25) is 0 Å². The van der Waals surface area contributed by atoms with Gasteiger partial charge in [0.05, 0.1) is 11.7 Å². The van der Waals surface area contributed by atoms with Crippen LogP contribution in [0.15, 0.2) is 61.2 Å². The highest BCUT2D eigenvalue weighted by atomic mass is 16.2. The average molecular weight is 363 g/mol. The highest BCUT2D eigenvalue weighted by molar-refractivity contribution is 5.94. The first-order valence-electron chi connectivity index (χ1n) is 8.62. The molecule has 2 amide bonds. The van der Waals surface area contributed by atoms with E-state index < -0.39 is 0 Å². The molecule has 0 fully saturated rings. The molecule has 0 saturated carbocycles. The molecule has 0 aliphatic carbocycles. The van der Waals surface area contributed by atoms with Crippen molar-refractivity contribution in [3.63, 3.8) is 0 Å². The molecule has 1 aromatic heterocycles. The van der Waals surface area contributed by atoms with E-state index in [0.29, 0.717) is 12.1 Å². The lowest BCUT2D eigenvalue weighted by Gasteiger charge is -2.15.